The summed E-state index contributed by atoms with van der Waals surface area (Å²) in [7, 11) is 3.66. The number of carbonyl (C=O) groups is 1. The zero-order valence-corrected chi connectivity index (χ0v) is 16.0. The number of rotatable bonds is 1. The number of hydrogen-bond acceptors (Lipinski definition) is 5. The number of hydroxylamine groups is 1. The Balaban J connectivity index is 1.70. The molecule has 1 spiro atoms. The molecule has 6 rings (SSSR count). The van der Waals surface area contributed by atoms with Crippen LogP contribution >= 0.6 is 0 Å². The number of amides is 1. The number of likely N-dealkylation sites (N-methyl/N-ethyl adjacent to an activating group) is 1. The molecule has 27 heavy (non-hydrogen) atoms. The van der Waals surface area contributed by atoms with Gasteiger partial charge >= 0.3 is 0 Å². The summed E-state index contributed by atoms with van der Waals surface area (Å²) in [5, 5.41) is 11.3. The Morgan fingerprint density at radius 3 is 2.96 bits per heavy atom. The molecule has 4 bridgehead atoms. The molecule has 6 heteroatoms. The van der Waals surface area contributed by atoms with E-state index < -0.39 is 5.41 Å². The molecule has 1 saturated carbocycles. The van der Waals surface area contributed by atoms with Crippen LogP contribution < -0.4 is 5.06 Å². The Morgan fingerprint density at radius 1 is 1.41 bits per heavy atom. The Hall–Kier alpha value is -1.89. The van der Waals surface area contributed by atoms with Gasteiger partial charge in [0.25, 0.3) is 5.91 Å². The van der Waals surface area contributed by atoms with E-state index in [9.17, 15) is 9.90 Å². The number of carbonyl (C=O) groups excluding carboxylic acids is 1. The molecule has 5 atom stereocenters. The number of phenolic OH excluding ortho intramolecular Hbond substituents is 1. The summed E-state index contributed by atoms with van der Waals surface area (Å²) in [4.78, 5) is 21.5. The second-order valence-electron chi connectivity index (χ2n) is 8.33. The summed E-state index contributed by atoms with van der Waals surface area (Å²) in [6.07, 6.45) is 3.65. The molecule has 1 aliphatic carbocycles. The van der Waals surface area contributed by atoms with Crippen molar-refractivity contribution in [2.24, 2.45) is 11.8 Å². The summed E-state index contributed by atoms with van der Waals surface area (Å²) in [6, 6.07) is 5.45. The van der Waals surface area contributed by atoms with Gasteiger partial charge < -0.3 is 9.84 Å². The molecule has 1 aromatic rings. The van der Waals surface area contributed by atoms with E-state index in [4.69, 9.17) is 9.57 Å². The van der Waals surface area contributed by atoms with E-state index in [0.717, 1.165) is 24.9 Å². The molecule has 6 nitrogen and oxygen atoms in total. The fourth-order valence-electron chi connectivity index (χ4n) is 6.05. The van der Waals surface area contributed by atoms with Gasteiger partial charge in [0.15, 0.2) is 0 Å². The van der Waals surface area contributed by atoms with Crippen LogP contribution in [0.4, 0.5) is 5.69 Å². The Kier molecular flexibility index (Phi) is 3.70. The molecule has 144 valence electrons. The van der Waals surface area contributed by atoms with E-state index in [2.05, 4.69) is 24.9 Å². The summed E-state index contributed by atoms with van der Waals surface area (Å²) in [6.45, 7) is 3.76. The second-order valence-corrected chi connectivity index (χ2v) is 8.33. The minimum absolute atomic E-state index is 0.0702. The van der Waals surface area contributed by atoms with Crippen LogP contribution in [0.2, 0.25) is 0 Å². The lowest BCUT2D eigenvalue weighted by Gasteiger charge is -2.46. The second kappa shape index (κ2) is 5.80. The van der Waals surface area contributed by atoms with E-state index in [1.54, 1.807) is 12.1 Å². The zero-order valence-electron chi connectivity index (χ0n) is 16.0. The van der Waals surface area contributed by atoms with Crippen molar-refractivity contribution < 1.29 is 19.5 Å². The smallest absolute Gasteiger partial charge is 0.264 e. The van der Waals surface area contributed by atoms with Crippen molar-refractivity contribution in [3.8, 4) is 5.75 Å². The lowest BCUT2D eigenvalue weighted by Crippen LogP contribution is -2.50. The van der Waals surface area contributed by atoms with Gasteiger partial charge in [0.2, 0.25) is 0 Å². The Labute approximate surface area is 159 Å². The average molecular weight is 370 g/mol. The highest BCUT2D eigenvalue weighted by Gasteiger charge is 2.64. The number of benzene rings is 1. The van der Waals surface area contributed by atoms with E-state index in [1.165, 1.54) is 17.7 Å². The van der Waals surface area contributed by atoms with Gasteiger partial charge in [-0.25, -0.2) is 0 Å². The van der Waals surface area contributed by atoms with Crippen LogP contribution in [-0.4, -0.2) is 55.4 Å². The number of aromatic hydroxyl groups is 1. The third kappa shape index (κ3) is 2.09. The molecule has 1 aromatic carbocycles. The van der Waals surface area contributed by atoms with Gasteiger partial charge in [0.1, 0.15) is 11.2 Å². The first-order valence-corrected chi connectivity index (χ1v) is 9.70. The van der Waals surface area contributed by atoms with Crippen LogP contribution in [0.25, 0.3) is 0 Å². The summed E-state index contributed by atoms with van der Waals surface area (Å²) >= 11 is 0. The topological polar surface area (TPSA) is 62.2 Å². The average Bonchev–Trinajstić information content (AvgIpc) is 2.78. The predicted molar refractivity (Wildman–Crippen MR) is 100 cm³/mol. The highest BCUT2D eigenvalue weighted by molar-refractivity contribution is 6.07. The SMILES string of the molecule is CC=C1CN(C)C2C[C@@]3(C(=O)N(OC)c4cc(O)ccc43)[C@@H]3C[C@@H]1C2CO3. The number of nitrogens with zero attached hydrogens (tertiary/aromatic N) is 2. The molecule has 4 heterocycles. The predicted octanol–water partition coefficient (Wildman–Crippen LogP) is 2.22. The normalized spacial score (nSPS) is 39.3. The van der Waals surface area contributed by atoms with Crippen LogP contribution in [0.5, 0.6) is 5.75 Å². The fourth-order valence-corrected chi connectivity index (χ4v) is 6.05. The number of likely N-dealkylation sites (tertiary alicyclic amines) is 1. The fraction of sp³-hybridized carbons (Fsp3) is 0.571. The van der Waals surface area contributed by atoms with Crippen molar-refractivity contribution in [2.45, 2.75) is 37.3 Å². The molecular weight excluding hydrogens is 344 g/mol. The first kappa shape index (κ1) is 17.2. The molecule has 1 amide bonds. The lowest BCUT2D eigenvalue weighted by molar-refractivity contribution is -0.137. The van der Waals surface area contributed by atoms with Gasteiger partial charge in [-0.05, 0) is 44.4 Å². The van der Waals surface area contributed by atoms with E-state index in [-0.39, 0.29) is 23.8 Å². The maximum atomic E-state index is 13.7. The number of phenols is 1. The summed E-state index contributed by atoms with van der Waals surface area (Å²) in [5.41, 5.74) is 2.26. The highest BCUT2D eigenvalue weighted by atomic mass is 16.7. The van der Waals surface area contributed by atoms with Crippen molar-refractivity contribution in [1.29, 1.82) is 0 Å². The van der Waals surface area contributed by atoms with E-state index in [1.807, 2.05) is 6.07 Å². The van der Waals surface area contributed by atoms with Crippen molar-refractivity contribution >= 4 is 11.6 Å². The van der Waals surface area contributed by atoms with E-state index in [0.29, 0.717) is 24.1 Å². The van der Waals surface area contributed by atoms with Gasteiger partial charge in [-0.3, -0.25) is 14.5 Å². The first-order chi connectivity index (χ1) is 13.0. The van der Waals surface area contributed by atoms with Gasteiger partial charge in [0.05, 0.1) is 25.5 Å². The van der Waals surface area contributed by atoms with Crippen molar-refractivity contribution in [3.63, 3.8) is 0 Å². The number of hydrogen-bond donors (Lipinski definition) is 1. The maximum Gasteiger partial charge on any atom is 0.264 e. The maximum absolute atomic E-state index is 13.7. The minimum Gasteiger partial charge on any atom is -0.508 e. The molecule has 0 aromatic heterocycles. The number of allylic oxidation sites excluding steroid dienone is 1. The van der Waals surface area contributed by atoms with Crippen molar-refractivity contribution in [1.82, 2.24) is 4.90 Å². The first-order valence-electron chi connectivity index (χ1n) is 9.70. The minimum atomic E-state index is -0.759. The van der Waals surface area contributed by atoms with Crippen molar-refractivity contribution in [2.75, 3.05) is 32.4 Å². The molecule has 5 aliphatic rings. The van der Waals surface area contributed by atoms with Crippen LogP contribution in [-0.2, 0) is 19.8 Å². The number of piperidine rings is 1. The molecule has 3 saturated heterocycles. The van der Waals surface area contributed by atoms with Gasteiger partial charge in [-0.15, -0.1) is 0 Å². The summed E-state index contributed by atoms with van der Waals surface area (Å²) in [5.74, 6) is 0.945. The van der Waals surface area contributed by atoms with Gasteiger partial charge in [0, 0.05) is 24.6 Å². The molecule has 4 aliphatic heterocycles. The Bertz CT molecular complexity index is 837. The van der Waals surface area contributed by atoms with Crippen LogP contribution in [0.3, 0.4) is 0 Å². The molecule has 4 fully saturated rings. The zero-order chi connectivity index (χ0) is 18.9. The van der Waals surface area contributed by atoms with Gasteiger partial charge in [-0.2, -0.15) is 5.06 Å². The molecule has 0 radical (unpaired) electrons. The largest absolute Gasteiger partial charge is 0.508 e. The number of anilines is 1. The third-order valence-corrected chi connectivity index (χ3v) is 7.32. The standard InChI is InChI=1S/C21H26N2O4/c1-4-12-10-22(2)18-9-21(19-8-14(12)15(18)11-27-19)16-6-5-13(24)7-17(16)23(26-3)20(21)25/h4-7,14-15,18-19,24H,8-11H2,1-3H3/t14-,15?,18?,19-,21-/m0/s1. The molecular formula is C21H26N2O4. The molecule has 1 N–H and O–H groups in total. The van der Waals surface area contributed by atoms with E-state index >= 15 is 0 Å². The third-order valence-electron chi connectivity index (χ3n) is 7.32. The summed E-state index contributed by atoms with van der Waals surface area (Å²) < 4.78 is 6.35. The monoisotopic (exact) mass is 370 g/mol. The van der Waals surface area contributed by atoms with Crippen LogP contribution in [0.15, 0.2) is 29.8 Å². The number of ether oxygens (including phenoxy) is 1. The Morgan fingerprint density at radius 2 is 2.22 bits per heavy atom. The highest BCUT2D eigenvalue weighted by Crippen LogP contribution is 2.57. The quantitative estimate of drug-likeness (QED) is 0.768. The van der Waals surface area contributed by atoms with Crippen LogP contribution in [0.1, 0.15) is 25.3 Å². The van der Waals surface area contributed by atoms with Crippen LogP contribution in [0, 0.1) is 11.8 Å². The van der Waals surface area contributed by atoms with Gasteiger partial charge in [-0.1, -0.05) is 17.7 Å². The lowest BCUT2D eigenvalue weighted by atomic mass is 9.72. The van der Waals surface area contributed by atoms with Crippen molar-refractivity contribution in [3.05, 3.63) is 35.4 Å². The molecule has 2 unspecified atom stereocenters. The number of fused-ring (bicyclic) bond motifs is 2.